The number of carboxylic acids is 1. The van der Waals surface area contributed by atoms with E-state index in [0.29, 0.717) is 0 Å². The zero-order valence-corrected chi connectivity index (χ0v) is 15.1. The molecule has 2 aliphatic rings. The van der Waals surface area contributed by atoms with E-state index in [4.69, 9.17) is 5.11 Å². The highest BCUT2D eigenvalue weighted by Crippen LogP contribution is 2.45. The van der Waals surface area contributed by atoms with Gasteiger partial charge in [0.1, 0.15) is 0 Å². The fourth-order valence-corrected chi connectivity index (χ4v) is 4.26. The molecule has 3 rings (SSSR count). The maximum Gasteiger partial charge on any atom is 0.317 e. The zero-order valence-electron chi connectivity index (χ0n) is 15.1. The van der Waals surface area contributed by atoms with Crippen molar-refractivity contribution in [2.45, 2.75) is 63.5 Å². The number of benzene rings is 1. The van der Waals surface area contributed by atoms with Crippen molar-refractivity contribution in [2.75, 3.05) is 13.1 Å². The van der Waals surface area contributed by atoms with Crippen LogP contribution in [0.5, 0.6) is 0 Å². The van der Waals surface area contributed by atoms with Gasteiger partial charge < -0.3 is 10.4 Å². The maximum absolute atomic E-state index is 13.0. The van der Waals surface area contributed by atoms with Crippen LogP contribution in [0, 0.1) is 6.92 Å². The number of likely N-dealkylation sites (N-methyl/N-ethyl adjacent to an activating group) is 1. The van der Waals surface area contributed by atoms with Gasteiger partial charge in [-0.3, -0.25) is 14.5 Å². The highest BCUT2D eigenvalue weighted by Gasteiger charge is 2.47. The molecular weight excluding hydrogens is 316 g/mol. The topological polar surface area (TPSA) is 69.6 Å². The number of amides is 1. The summed E-state index contributed by atoms with van der Waals surface area (Å²) in [6, 6.07) is 8.63. The van der Waals surface area contributed by atoms with E-state index in [1.165, 1.54) is 5.56 Å². The Labute approximate surface area is 149 Å². The number of hydrogen-bond donors (Lipinski definition) is 2. The zero-order chi connectivity index (χ0) is 18.0. The van der Waals surface area contributed by atoms with Crippen LogP contribution in [0.2, 0.25) is 0 Å². The fraction of sp³-hybridized carbons (Fsp3) is 0.600. The van der Waals surface area contributed by atoms with E-state index in [-0.39, 0.29) is 30.0 Å². The summed E-state index contributed by atoms with van der Waals surface area (Å²) < 4.78 is 0. The molecule has 5 nitrogen and oxygen atoms in total. The van der Waals surface area contributed by atoms with Crippen LogP contribution < -0.4 is 5.32 Å². The van der Waals surface area contributed by atoms with Gasteiger partial charge in [0, 0.05) is 12.1 Å². The van der Waals surface area contributed by atoms with Gasteiger partial charge in [-0.2, -0.15) is 0 Å². The molecule has 1 amide bonds. The molecule has 1 aromatic rings. The molecule has 0 radical (unpaired) electrons. The molecule has 136 valence electrons. The molecular formula is C20H28N2O3. The van der Waals surface area contributed by atoms with Gasteiger partial charge in [-0.25, -0.2) is 0 Å². The van der Waals surface area contributed by atoms with Gasteiger partial charge >= 0.3 is 5.97 Å². The van der Waals surface area contributed by atoms with Gasteiger partial charge in [-0.15, -0.1) is 0 Å². The van der Waals surface area contributed by atoms with Gasteiger partial charge in [0.25, 0.3) is 0 Å². The summed E-state index contributed by atoms with van der Waals surface area (Å²) in [4.78, 5) is 25.9. The molecule has 2 N–H and O–H groups in total. The fourth-order valence-electron chi connectivity index (χ4n) is 4.26. The van der Waals surface area contributed by atoms with Crippen LogP contribution >= 0.6 is 0 Å². The minimum absolute atomic E-state index is 0.0784. The third-order valence-corrected chi connectivity index (χ3v) is 6.01. The number of aliphatic carboxylic acids is 1. The highest BCUT2D eigenvalue weighted by molar-refractivity contribution is 5.90. The van der Waals surface area contributed by atoms with Crippen molar-refractivity contribution >= 4 is 11.9 Å². The van der Waals surface area contributed by atoms with Crippen molar-refractivity contribution in [3.05, 3.63) is 35.4 Å². The number of hydrogen-bond acceptors (Lipinski definition) is 3. The minimum Gasteiger partial charge on any atom is -0.480 e. The second-order valence-electron chi connectivity index (χ2n) is 7.50. The maximum atomic E-state index is 13.0. The van der Waals surface area contributed by atoms with Gasteiger partial charge in [0.2, 0.25) is 5.91 Å². The van der Waals surface area contributed by atoms with Crippen LogP contribution in [0.4, 0.5) is 0 Å². The van der Waals surface area contributed by atoms with Crippen LogP contribution in [0.25, 0.3) is 0 Å². The first-order valence-corrected chi connectivity index (χ1v) is 9.29. The molecule has 0 spiro atoms. The summed E-state index contributed by atoms with van der Waals surface area (Å²) in [5, 5.41) is 12.2. The number of carboxylic acid groups (broad SMARTS) is 1. The number of carbonyl (C=O) groups excluding carboxylic acids is 1. The summed E-state index contributed by atoms with van der Waals surface area (Å²) in [5.74, 6) is -0.639. The molecule has 1 aromatic carbocycles. The summed E-state index contributed by atoms with van der Waals surface area (Å²) in [6.07, 6.45) is 4.62. The molecule has 0 aliphatic heterocycles. The van der Waals surface area contributed by atoms with Crippen LogP contribution in [-0.2, 0) is 15.0 Å². The SMILES string of the molecule is CCN(CC(=O)O)C1CC(NC(=O)C2(c3ccccc3C)CCC2)C1. The molecule has 2 aliphatic carbocycles. The minimum atomic E-state index is -0.790. The lowest BCUT2D eigenvalue weighted by atomic mass is 9.62. The quantitative estimate of drug-likeness (QED) is 0.797. The molecule has 0 aromatic heterocycles. The van der Waals surface area contributed by atoms with E-state index in [9.17, 15) is 9.59 Å². The van der Waals surface area contributed by atoms with Crippen LogP contribution in [0.3, 0.4) is 0 Å². The second-order valence-corrected chi connectivity index (χ2v) is 7.50. The normalized spacial score (nSPS) is 24.3. The Kier molecular flexibility index (Phi) is 5.13. The number of nitrogens with zero attached hydrogens (tertiary/aromatic N) is 1. The lowest BCUT2D eigenvalue weighted by molar-refractivity contribution is -0.140. The molecule has 0 atom stereocenters. The van der Waals surface area contributed by atoms with Crippen molar-refractivity contribution in [2.24, 2.45) is 0 Å². The average Bonchev–Trinajstić information content (AvgIpc) is 2.49. The first-order valence-electron chi connectivity index (χ1n) is 9.29. The predicted octanol–water partition coefficient (Wildman–Crippen LogP) is 2.47. The van der Waals surface area contributed by atoms with Gasteiger partial charge in [-0.05, 0) is 50.3 Å². The molecule has 2 saturated carbocycles. The average molecular weight is 344 g/mol. The summed E-state index contributed by atoms with van der Waals surface area (Å²) in [7, 11) is 0. The Hall–Kier alpha value is -1.88. The van der Waals surface area contributed by atoms with E-state index >= 15 is 0 Å². The molecule has 25 heavy (non-hydrogen) atoms. The number of aryl methyl sites for hydroxylation is 1. The van der Waals surface area contributed by atoms with E-state index in [0.717, 1.165) is 44.2 Å². The van der Waals surface area contributed by atoms with E-state index in [1.807, 2.05) is 24.0 Å². The molecule has 0 bridgehead atoms. The molecule has 0 heterocycles. The van der Waals surface area contributed by atoms with Gasteiger partial charge in [-0.1, -0.05) is 37.6 Å². The second kappa shape index (κ2) is 7.16. The van der Waals surface area contributed by atoms with E-state index < -0.39 is 5.97 Å². The smallest absolute Gasteiger partial charge is 0.317 e. The van der Waals surface area contributed by atoms with Crippen LogP contribution in [0.1, 0.15) is 50.2 Å². The molecule has 2 fully saturated rings. The summed E-state index contributed by atoms with van der Waals surface area (Å²) in [5.41, 5.74) is 1.99. The van der Waals surface area contributed by atoms with Crippen molar-refractivity contribution in [3.8, 4) is 0 Å². The Bertz CT molecular complexity index is 648. The van der Waals surface area contributed by atoms with Crippen molar-refractivity contribution in [1.29, 1.82) is 0 Å². The Morgan fingerprint density at radius 2 is 1.96 bits per heavy atom. The van der Waals surface area contributed by atoms with Crippen LogP contribution in [0.15, 0.2) is 24.3 Å². The van der Waals surface area contributed by atoms with E-state index in [1.54, 1.807) is 0 Å². The lowest BCUT2D eigenvalue weighted by Crippen LogP contribution is -2.59. The third kappa shape index (κ3) is 3.43. The number of rotatable bonds is 7. The highest BCUT2D eigenvalue weighted by atomic mass is 16.4. The van der Waals surface area contributed by atoms with Crippen molar-refractivity contribution in [1.82, 2.24) is 10.2 Å². The van der Waals surface area contributed by atoms with Gasteiger partial charge in [0.15, 0.2) is 0 Å². The van der Waals surface area contributed by atoms with E-state index in [2.05, 4.69) is 24.4 Å². The first-order chi connectivity index (χ1) is 12.0. The number of carbonyl (C=O) groups is 2. The lowest BCUT2D eigenvalue weighted by Gasteiger charge is -2.46. The van der Waals surface area contributed by atoms with Gasteiger partial charge in [0.05, 0.1) is 12.0 Å². The third-order valence-electron chi connectivity index (χ3n) is 6.01. The standard InChI is InChI=1S/C20H28N2O3/c1-3-22(13-18(23)24)16-11-15(12-16)21-19(25)20(9-6-10-20)17-8-5-4-7-14(17)2/h4-5,7-8,15-16H,3,6,9-13H2,1-2H3,(H,21,25)(H,23,24). The molecule has 0 saturated heterocycles. The Morgan fingerprint density at radius 3 is 2.48 bits per heavy atom. The van der Waals surface area contributed by atoms with Crippen molar-refractivity contribution < 1.29 is 14.7 Å². The van der Waals surface area contributed by atoms with Crippen LogP contribution in [-0.4, -0.2) is 47.1 Å². The molecule has 5 heteroatoms. The number of nitrogens with one attached hydrogen (secondary N) is 1. The Morgan fingerprint density at radius 1 is 1.28 bits per heavy atom. The van der Waals surface area contributed by atoms with Crippen molar-refractivity contribution in [3.63, 3.8) is 0 Å². The first kappa shape index (κ1) is 17.9. The summed E-state index contributed by atoms with van der Waals surface area (Å²) >= 11 is 0. The molecule has 0 unspecified atom stereocenters. The monoisotopic (exact) mass is 344 g/mol. The predicted molar refractivity (Wildman–Crippen MR) is 96.5 cm³/mol. The summed E-state index contributed by atoms with van der Waals surface area (Å²) in [6.45, 7) is 4.86. The Balaban J connectivity index is 1.60. The largest absolute Gasteiger partial charge is 0.480 e.